The number of unbranched alkanes of at least 4 members (excludes halogenated alkanes) is 1. The number of halogens is 2. The van der Waals surface area contributed by atoms with Crippen molar-refractivity contribution >= 4 is 33.6 Å². The summed E-state index contributed by atoms with van der Waals surface area (Å²) in [7, 11) is 0. The molecule has 7 nitrogen and oxygen atoms in total. The van der Waals surface area contributed by atoms with Gasteiger partial charge in [0, 0.05) is 10.8 Å². The van der Waals surface area contributed by atoms with Crippen molar-refractivity contribution in [3.8, 4) is 11.4 Å². The predicted molar refractivity (Wildman–Crippen MR) is 146 cm³/mol. The Morgan fingerprint density at radius 1 is 1.08 bits per heavy atom. The third-order valence-electron chi connectivity index (χ3n) is 6.50. The van der Waals surface area contributed by atoms with Crippen LogP contribution in [0.25, 0.3) is 33.3 Å². The van der Waals surface area contributed by atoms with Gasteiger partial charge in [-0.15, -0.1) is 0 Å². The van der Waals surface area contributed by atoms with Crippen LogP contribution in [0.4, 0.5) is 14.5 Å². The van der Waals surface area contributed by atoms with Crippen LogP contribution in [0.2, 0.25) is 0 Å². The van der Waals surface area contributed by atoms with Crippen molar-refractivity contribution in [2.45, 2.75) is 32.4 Å². The first-order valence-corrected chi connectivity index (χ1v) is 12.7. The molecule has 0 amide bonds. The first-order chi connectivity index (χ1) is 19.0. The Bertz CT molecular complexity index is 1700. The molecule has 0 radical (unpaired) electrons. The fourth-order valence-corrected chi connectivity index (χ4v) is 4.46. The highest BCUT2D eigenvalue weighted by atomic mass is 19.1. The van der Waals surface area contributed by atoms with Crippen molar-refractivity contribution in [2.75, 3.05) is 18.6 Å². The molecule has 0 aliphatic carbocycles. The molecule has 5 rings (SSSR count). The fourth-order valence-electron chi connectivity index (χ4n) is 4.46. The summed E-state index contributed by atoms with van der Waals surface area (Å²) in [5.74, 6) is -1.28. The van der Waals surface area contributed by atoms with Crippen molar-refractivity contribution < 1.29 is 22.7 Å². The Morgan fingerprint density at radius 2 is 1.85 bits per heavy atom. The lowest BCUT2D eigenvalue weighted by Crippen LogP contribution is -2.31. The quantitative estimate of drug-likeness (QED) is 0.165. The summed E-state index contributed by atoms with van der Waals surface area (Å²) in [6, 6.07) is 17.8. The van der Waals surface area contributed by atoms with E-state index in [2.05, 4.69) is 10.3 Å². The maximum atomic E-state index is 14.6. The molecule has 9 heteroatoms. The Balaban J connectivity index is 1.51. The summed E-state index contributed by atoms with van der Waals surface area (Å²) in [4.78, 5) is 30.4. The number of nitrogens with zero attached hydrogens (tertiary/aromatic N) is 2. The minimum atomic E-state index is -0.887. The topological polar surface area (TPSA) is 86.4 Å². The number of esters is 1. The Morgan fingerprint density at radius 3 is 2.64 bits per heavy atom. The van der Waals surface area contributed by atoms with E-state index in [0.717, 1.165) is 27.3 Å². The van der Waals surface area contributed by atoms with E-state index in [0.29, 0.717) is 17.6 Å². The molecule has 1 atom stereocenters. The first-order valence-electron chi connectivity index (χ1n) is 12.7. The lowest BCUT2D eigenvalue weighted by atomic mass is 10.0. The van der Waals surface area contributed by atoms with Gasteiger partial charge in [-0.05, 0) is 42.3 Å². The highest BCUT2D eigenvalue weighted by molar-refractivity contribution is 6.05. The third-order valence-corrected chi connectivity index (χ3v) is 6.50. The van der Waals surface area contributed by atoms with E-state index >= 15 is 0 Å². The average Bonchev–Trinajstić information content (AvgIpc) is 3.32. The number of anilines is 1. The molecule has 3 aromatic carbocycles. The van der Waals surface area contributed by atoms with Gasteiger partial charge in [-0.2, -0.15) is 0 Å². The number of hydrogen-bond acceptors (Lipinski definition) is 6. The predicted octanol–water partition coefficient (Wildman–Crippen LogP) is 6.41. The second-order valence-corrected chi connectivity index (χ2v) is 9.15. The van der Waals surface area contributed by atoms with Gasteiger partial charge in [-0.1, -0.05) is 49.7 Å². The van der Waals surface area contributed by atoms with Gasteiger partial charge in [0.15, 0.2) is 0 Å². The van der Waals surface area contributed by atoms with Gasteiger partial charge < -0.3 is 14.5 Å². The van der Waals surface area contributed by atoms with Crippen molar-refractivity contribution in [3.05, 3.63) is 94.7 Å². The van der Waals surface area contributed by atoms with Crippen LogP contribution in [-0.2, 0) is 16.1 Å². The monoisotopic (exact) mass is 531 g/mol. The molecule has 200 valence electrons. The molecule has 2 aromatic heterocycles. The molecule has 0 saturated heterocycles. The van der Waals surface area contributed by atoms with Crippen LogP contribution in [0.1, 0.15) is 31.4 Å². The number of fused-ring (bicyclic) bond motifs is 3. The molecule has 0 aliphatic heterocycles. The molecular weight excluding hydrogens is 504 g/mol. The van der Waals surface area contributed by atoms with Gasteiger partial charge >= 0.3 is 5.97 Å². The van der Waals surface area contributed by atoms with E-state index < -0.39 is 36.6 Å². The number of carbonyl (C=O) groups excluding carboxylic acids is 1. The maximum Gasteiger partial charge on any atom is 0.326 e. The van der Waals surface area contributed by atoms with Crippen LogP contribution >= 0.6 is 0 Å². The molecule has 0 unspecified atom stereocenters. The maximum absolute atomic E-state index is 14.6. The van der Waals surface area contributed by atoms with Gasteiger partial charge in [0.25, 0.3) is 5.56 Å². The van der Waals surface area contributed by atoms with E-state index in [4.69, 9.17) is 9.15 Å². The van der Waals surface area contributed by atoms with E-state index in [1.54, 1.807) is 18.2 Å². The zero-order chi connectivity index (χ0) is 27.4. The van der Waals surface area contributed by atoms with Gasteiger partial charge in [-0.25, -0.2) is 13.8 Å². The molecule has 0 aliphatic rings. The van der Waals surface area contributed by atoms with Crippen molar-refractivity contribution in [1.82, 2.24) is 9.55 Å². The number of furan rings is 1. The number of aromatic nitrogens is 2. The highest BCUT2D eigenvalue weighted by Crippen LogP contribution is 2.31. The zero-order valence-corrected chi connectivity index (χ0v) is 21.3. The lowest BCUT2D eigenvalue weighted by molar-refractivity contribution is -0.144. The van der Waals surface area contributed by atoms with Gasteiger partial charge in [0.05, 0.1) is 24.4 Å². The summed E-state index contributed by atoms with van der Waals surface area (Å²) < 4.78 is 41.1. The minimum absolute atomic E-state index is 0.0285. The van der Waals surface area contributed by atoms with Crippen molar-refractivity contribution in [3.63, 3.8) is 0 Å². The number of benzene rings is 3. The standard InChI is InChI=1S/C30H27F2N3O4/c1-2-3-14-38-28(36)18-35-29(21-9-4-6-10-23(21)32)33-17-25(30(35)37)34-24(16-31)19-12-13-27-22(15-19)20-8-5-7-11-26(20)39-27/h4-13,15,17,24,34H,2-3,14,16,18H2,1H3/t24-/m1/s1. The van der Waals surface area contributed by atoms with Crippen LogP contribution < -0.4 is 10.9 Å². The van der Waals surface area contributed by atoms with Crippen LogP contribution in [0.15, 0.2) is 82.1 Å². The number of carbonyl (C=O) groups is 1. The lowest BCUT2D eigenvalue weighted by Gasteiger charge is -2.19. The van der Waals surface area contributed by atoms with E-state index in [-0.39, 0.29) is 23.7 Å². The number of ether oxygens (including phenoxy) is 1. The molecule has 1 N–H and O–H groups in total. The van der Waals surface area contributed by atoms with E-state index in [9.17, 15) is 18.4 Å². The second-order valence-electron chi connectivity index (χ2n) is 9.15. The number of hydrogen-bond donors (Lipinski definition) is 1. The number of rotatable bonds is 10. The molecule has 39 heavy (non-hydrogen) atoms. The summed E-state index contributed by atoms with van der Waals surface area (Å²) in [5, 5.41) is 4.65. The normalized spacial score (nSPS) is 12.1. The second kappa shape index (κ2) is 11.5. The molecule has 0 saturated carbocycles. The molecular formula is C30H27F2N3O4. The summed E-state index contributed by atoms with van der Waals surface area (Å²) in [6.45, 7) is 0.873. The summed E-state index contributed by atoms with van der Waals surface area (Å²) in [6.07, 6.45) is 2.74. The Kier molecular flexibility index (Phi) is 7.67. The van der Waals surface area contributed by atoms with Crippen molar-refractivity contribution in [1.29, 1.82) is 0 Å². The molecule has 0 spiro atoms. The first kappa shape index (κ1) is 26.1. The largest absolute Gasteiger partial charge is 0.464 e. The molecule has 0 fully saturated rings. The summed E-state index contributed by atoms with van der Waals surface area (Å²) in [5.41, 5.74) is 1.36. The SMILES string of the molecule is CCCCOC(=O)Cn1c(-c2ccccc2F)ncc(N[C@H](CF)c2ccc3oc4ccccc4c3c2)c1=O. The van der Waals surface area contributed by atoms with E-state index in [1.807, 2.05) is 37.3 Å². The summed E-state index contributed by atoms with van der Waals surface area (Å²) >= 11 is 0. The smallest absolute Gasteiger partial charge is 0.326 e. The highest BCUT2D eigenvalue weighted by Gasteiger charge is 2.21. The van der Waals surface area contributed by atoms with Crippen LogP contribution in [0.3, 0.4) is 0 Å². The Hall–Kier alpha value is -4.53. The van der Waals surface area contributed by atoms with Crippen LogP contribution in [0.5, 0.6) is 0 Å². The fraction of sp³-hybridized carbons (Fsp3) is 0.233. The molecule has 2 heterocycles. The van der Waals surface area contributed by atoms with Gasteiger partial charge in [0.1, 0.15) is 41.7 Å². The van der Waals surface area contributed by atoms with Gasteiger partial charge in [-0.3, -0.25) is 14.2 Å². The van der Waals surface area contributed by atoms with Crippen LogP contribution in [0, 0.1) is 5.82 Å². The number of alkyl halides is 1. The number of para-hydroxylation sites is 1. The average molecular weight is 532 g/mol. The van der Waals surface area contributed by atoms with Crippen molar-refractivity contribution in [2.24, 2.45) is 0 Å². The Labute approximate surface area is 223 Å². The van der Waals surface area contributed by atoms with Crippen LogP contribution in [-0.4, -0.2) is 28.8 Å². The minimum Gasteiger partial charge on any atom is -0.464 e. The molecule has 5 aromatic rings. The zero-order valence-electron chi connectivity index (χ0n) is 21.3. The third kappa shape index (κ3) is 5.38. The number of nitrogens with one attached hydrogen (secondary N) is 1. The van der Waals surface area contributed by atoms with Gasteiger partial charge in [0.2, 0.25) is 0 Å². The molecule has 0 bridgehead atoms. The van der Waals surface area contributed by atoms with E-state index in [1.165, 1.54) is 24.4 Å².